The van der Waals surface area contributed by atoms with Gasteiger partial charge in [-0.2, -0.15) is 0 Å². The molecule has 7 heteroatoms. The lowest BCUT2D eigenvalue weighted by molar-refractivity contribution is 0.0919. The Labute approximate surface area is 138 Å². The molecule has 0 atom stereocenters. The fourth-order valence-corrected chi connectivity index (χ4v) is 3.41. The Morgan fingerprint density at radius 2 is 2.00 bits per heavy atom. The second-order valence-corrected chi connectivity index (χ2v) is 6.60. The molecular formula is C17H19N5O2. The third-order valence-electron chi connectivity index (χ3n) is 4.83. The summed E-state index contributed by atoms with van der Waals surface area (Å²) in [5, 5.41) is 11.0. The van der Waals surface area contributed by atoms with Gasteiger partial charge in [-0.1, -0.05) is 24.3 Å². The summed E-state index contributed by atoms with van der Waals surface area (Å²) in [5.41, 5.74) is 1.29. The quantitative estimate of drug-likeness (QED) is 0.752. The molecule has 1 aliphatic rings. The van der Waals surface area contributed by atoms with Gasteiger partial charge in [0.05, 0.1) is 11.0 Å². The molecule has 4 rings (SSSR count). The topological polar surface area (TPSA) is 92.2 Å². The van der Waals surface area contributed by atoms with Crippen molar-refractivity contribution in [1.29, 1.82) is 0 Å². The van der Waals surface area contributed by atoms with E-state index in [1.165, 1.54) is 4.52 Å². The number of aromatic amines is 1. The molecule has 2 heterocycles. The van der Waals surface area contributed by atoms with E-state index in [1.807, 2.05) is 18.2 Å². The number of benzene rings is 1. The van der Waals surface area contributed by atoms with Gasteiger partial charge in [0.2, 0.25) is 0 Å². The molecule has 7 nitrogen and oxygen atoms in total. The second-order valence-electron chi connectivity index (χ2n) is 6.60. The van der Waals surface area contributed by atoms with E-state index in [4.69, 9.17) is 0 Å². The van der Waals surface area contributed by atoms with Crippen molar-refractivity contribution in [3.63, 3.8) is 0 Å². The SMILES string of the molecule is CC1CCC(NC(=O)c2nnn3c2c(=O)[nH]c2ccccc23)CC1. The van der Waals surface area contributed by atoms with Gasteiger partial charge in [-0.25, -0.2) is 4.52 Å². The summed E-state index contributed by atoms with van der Waals surface area (Å²) in [6.07, 6.45) is 4.15. The molecule has 3 aromatic rings. The predicted octanol–water partition coefficient (Wildman–Crippen LogP) is 1.88. The van der Waals surface area contributed by atoms with Crippen LogP contribution in [0.15, 0.2) is 29.1 Å². The Bertz CT molecular complexity index is 966. The van der Waals surface area contributed by atoms with Gasteiger partial charge in [0.1, 0.15) is 0 Å². The number of H-pyrrole nitrogens is 1. The zero-order chi connectivity index (χ0) is 16.7. The van der Waals surface area contributed by atoms with Crippen LogP contribution in [0.25, 0.3) is 16.6 Å². The van der Waals surface area contributed by atoms with E-state index < -0.39 is 0 Å². The normalized spacial score (nSPS) is 21.2. The van der Waals surface area contributed by atoms with E-state index in [1.54, 1.807) is 6.07 Å². The van der Waals surface area contributed by atoms with E-state index in [0.717, 1.165) is 25.7 Å². The molecule has 2 N–H and O–H groups in total. The van der Waals surface area contributed by atoms with E-state index in [-0.39, 0.29) is 28.7 Å². The van der Waals surface area contributed by atoms with Crippen molar-refractivity contribution in [3.8, 4) is 0 Å². The average Bonchev–Trinajstić information content (AvgIpc) is 3.03. The molecule has 1 saturated carbocycles. The zero-order valence-corrected chi connectivity index (χ0v) is 13.5. The summed E-state index contributed by atoms with van der Waals surface area (Å²) in [6, 6.07) is 7.45. The van der Waals surface area contributed by atoms with Crippen LogP contribution < -0.4 is 10.9 Å². The van der Waals surface area contributed by atoms with Gasteiger partial charge in [-0.3, -0.25) is 9.59 Å². The van der Waals surface area contributed by atoms with Crippen LogP contribution in [-0.4, -0.2) is 31.8 Å². The Kier molecular flexibility index (Phi) is 3.55. The number of amides is 1. The number of nitrogens with zero attached hydrogens (tertiary/aromatic N) is 3. The largest absolute Gasteiger partial charge is 0.348 e. The molecule has 0 unspecified atom stereocenters. The molecule has 1 aliphatic carbocycles. The van der Waals surface area contributed by atoms with Crippen LogP contribution >= 0.6 is 0 Å². The van der Waals surface area contributed by atoms with Crippen molar-refractivity contribution in [2.24, 2.45) is 5.92 Å². The highest BCUT2D eigenvalue weighted by Gasteiger charge is 2.24. The van der Waals surface area contributed by atoms with Gasteiger partial charge in [0, 0.05) is 6.04 Å². The van der Waals surface area contributed by atoms with Crippen molar-refractivity contribution in [2.45, 2.75) is 38.6 Å². The van der Waals surface area contributed by atoms with Crippen molar-refractivity contribution < 1.29 is 4.79 Å². The van der Waals surface area contributed by atoms with Crippen LogP contribution in [0.1, 0.15) is 43.1 Å². The van der Waals surface area contributed by atoms with Crippen molar-refractivity contribution >= 4 is 22.5 Å². The molecule has 0 aliphatic heterocycles. The standard InChI is InChI=1S/C17H19N5O2/c1-10-6-8-11(9-7-10)18-16(23)14-15-17(24)19-12-4-2-3-5-13(12)22(15)21-20-14/h2-5,10-11H,6-9H2,1H3,(H,18,23)(H,19,24). The number of carbonyl (C=O) groups is 1. The molecule has 24 heavy (non-hydrogen) atoms. The first-order valence-corrected chi connectivity index (χ1v) is 8.31. The van der Waals surface area contributed by atoms with Crippen LogP contribution in [-0.2, 0) is 0 Å². The number of para-hydroxylation sites is 2. The highest BCUT2D eigenvalue weighted by molar-refractivity contribution is 5.99. The first-order valence-electron chi connectivity index (χ1n) is 8.31. The third-order valence-corrected chi connectivity index (χ3v) is 4.83. The fraction of sp³-hybridized carbons (Fsp3) is 0.412. The van der Waals surface area contributed by atoms with Crippen LogP contribution in [0.4, 0.5) is 0 Å². The fourth-order valence-electron chi connectivity index (χ4n) is 3.41. The first-order chi connectivity index (χ1) is 11.6. The molecule has 124 valence electrons. The average molecular weight is 325 g/mol. The van der Waals surface area contributed by atoms with Gasteiger partial charge in [0.15, 0.2) is 11.2 Å². The Balaban J connectivity index is 1.71. The molecular weight excluding hydrogens is 306 g/mol. The second kappa shape index (κ2) is 5.74. The summed E-state index contributed by atoms with van der Waals surface area (Å²) in [4.78, 5) is 27.7. The van der Waals surface area contributed by atoms with Crippen LogP contribution in [0.5, 0.6) is 0 Å². The molecule has 0 radical (unpaired) electrons. The van der Waals surface area contributed by atoms with E-state index in [2.05, 4.69) is 27.5 Å². The molecule has 1 aromatic carbocycles. The lowest BCUT2D eigenvalue weighted by Crippen LogP contribution is -2.38. The number of hydrogen-bond donors (Lipinski definition) is 2. The van der Waals surface area contributed by atoms with E-state index >= 15 is 0 Å². The predicted molar refractivity (Wildman–Crippen MR) is 90.0 cm³/mol. The molecule has 1 fully saturated rings. The zero-order valence-electron chi connectivity index (χ0n) is 13.5. The summed E-state index contributed by atoms with van der Waals surface area (Å²) < 4.78 is 1.44. The van der Waals surface area contributed by atoms with Gasteiger partial charge in [-0.05, 0) is 43.7 Å². The monoisotopic (exact) mass is 325 g/mol. The Morgan fingerprint density at radius 1 is 1.25 bits per heavy atom. The minimum absolute atomic E-state index is 0.0839. The maximum absolute atomic E-state index is 12.6. The summed E-state index contributed by atoms with van der Waals surface area (Å²) >= 11 is 0. The number of aromatic nitrogens is 4. The minimum atomic E-state index is -0.360. The number of fused-ring (bicyclic) bond motifs is 3. The number of nitrogens with one attached hydrogen (secondary N) is 2. The van der Waals surface area contributed by atoms with Crippen molar-refractivity contribution in [3.05, 3.63) is 40.3 Å². The van der Waals surface area contributed by atoms with E-state index in [9.17, 15) is 9.59 Å². The lowest BCUT2D eigenvalue weighted by Gasteiger charge is -2.26. The van der Waals surface area contributed by atoms with Gasteiger partial charge in [0.25, 0.3) is 11.5 Å². The summed E-state index contributed by atoms with van der Waals surface area (Å²) in [5.74, 6) is 0.382. The molecule has 0 saturated heterocycles. The molecule has 0 spiro atoms. The minimum Gasteiger partial charge on any atom is -0.348 e. The van der Waals surface area contributed by atoms with Crippen molar-refractivity contribution in [1.82, 2.24) is 25.1 Å². The summed E-state index contributed by atoms with van der Waals surface area (Å²) in [7, 11) is 0. The summed E-state index contributed by atoms with van der Waals surface area (Å²) in [6.45, 7) is 2.23. The first kappa shape index (κ1) is 14.9. The Hall–Kier alpha value is -2.70. The lowest BCUT2D eigenvalue weighted by atomic mass is 9.87. The van der Waals surface area contributed by atoms with Crippen LogP contribution in [0.3, 0.4) is 0 Å². The maximum atomic E-state index is 12.6. The van der Waals surface area contributed by atoms with Gasteiger partial charge < -0.3 is 10.3 Å². The number of carbonyl (C=O) groups excluding carboxylic acids is 1. The highest BCUT2D eigenvalue weighted by Crippen LogP contribution is 2.23. The molecule has 1 amide bonds. The number of hydrogen-bond acceptors (Lipinski definition) is 4. The van der Waals surface area contributed by atoms with Crippen LogP contribution in [0.2, 0.25) is 0 Å². The van der Waals surface area contributed by atoms with Crippen molar-refractivity contribution in [2.75, 3.05) is 0 Å². The van der Waals surface area contributed by atoms with Gasteiger partial charge >= 0.3 is 0 Å². The van der Waals surface area contributed by atoms with Crippen LogP contribution in [0, 0.1) is 5.92 Å². The molecule has 0 bridgehead atoms. The smallest absolute Gasteiger partial charge is 0.277 e. The third kappa shape index (κ3) is 2.46. The van der Waals surface area contributed by atoms with E-state index in [0.29, 0.717) is 17.0 Å². The number of rotatable bonds is 2. The maximum Gasteiger partial charge on any atom is 0.277 e. The highest BCUT2D eigenvalue weighted by atomic mass is 16.2. The molecule has 2 aromatic heterocycles. The Morgan fingerprint density at radius 3 is 2.79 bits per heavy atom. The van der Waals surface area contributed by atoms with Gasteiger partial charge in [-0.15, -0.1) is 5.10 Å².